The van der Waals surface area contributed by atoms with Crippen molar-refractivity contribution in [3.8, 4) is 11.3 Å². The van der Waals surface area contributed by atoms with Gasteiger partial charge in [0.2, 0.25) is 5.69 Å². The molecule has 3 nitrogen and oxygen atoms in total. The van der Waals surface area contributed by atoms with E-state index in [4.69, 9.17) is 0 Å². The van der Waals surface area contributed by atoms with Gasteiger partial charge in [0.1, 0.15) is 5.71 Å². The van der Waals surface area contributed by atoms with Crippen LogP contribution in [0.4, 0.5) is 5.69 Å². The molecule has 2 aromatic rings. The summed E-state index contributed by atoms with van der Waals surface area (Å²) in [5.41, 5.74) is 5.55. The number of aromatic nitrogens is 1. The highest BCUT2D eigenvalue weighted by atomic mass is 15.5. The Bertz CT molecular complexity index is 620. The second kappa shape index (κ2) is 4.27. The average molecular weight is 237 g/mol. The zero-order valence-corrected chi connectivity index (χ0v) is 10.5. The summed E-state index contributed by atoms with van der Waals surface area (Å²) in [6, 6.07) is 12.4. The number of nitrogens with zero attached hydrogens (tertiary/aromatic N) is 2. The minimum absolute atomic E-state index is 1.04. The van der Waals surface area contributed by atoms with Gasteiger partial charge in [-0.3, -0.25) is 0 Å². The molecule has 1 aliphatic heterocycles. The molecular weight excluding hydrogens is 222 g/mol. The minimum Gasteiger partial charge on any atom is -0.356 e. The third-order valence-electron chi connectivity index (χ3n) is 3.01. The van der Waals surface area contributed by atoms with Crippen LogP contribution in [0.2, 0.25) is 0 Å². The normalized spacial score (nSPS) is 15.7. The fourth-order valence-corrected chi connectivity index (χ4v) is 2.18. The number of allylic oxidation sites excluding steroid dienone is 2. The van der Waals surface area contributed by atoms with Crippen LogP contribution < -0.4 is 5.01 Å². The molecule has 0 saturated carbocycles. The molecule has 0 amide bonds. The maximum atomic E-state index is 4.48. The zero-order chi connectivity index (χ0) is 12.5. The molecule has 3 rings (SSSR count). The lowest BCUT2D eigenvalue weighted by Gasteiger charge is -1.96. The van der Waals surface area contributed by atoms with Crippen LogP contribution in [-0.2, 0) is 0 Å². The van der Waals surface area contributed by atoms with Gasteiger partial charge in [0, 0.05) is 24.1 Å². The lowest BCUT2D eigenvalue weighted by atomic mass is 10.1. The smallest absolute Gasteiger partial charge is 0.236 e. The first-order chi connectivity index (χ1) is 8.74. The molecule has 1 radical (unpaired) electrons. The van der Waals surface area contributed by atoms with E-state index < -0.39 is 0 Å². The number of H-pyrrole nitrogens is 1. The summed E-state index contributed by atoms with van der Waals surface area (Å²) in [5.74, 6) is 0. The summed E-state index contributed by atoms with van der Waals surface area (Å²) in [5, 5.41) is 6.44. The van der Waals surface area contributed by atoms with Crippen molar-refractivity contribution in [1.82, 2.24) is 9.99 Å². The maximum Gasteiger partial charge on any atom is 0.236 e. The number of hydrogen-bond acceptors (Lipinski definition) is 2. The highest BCUT2D eigenvalue weighted by Gasteiger charge is 2.28. The Labute approximate surface area is 106 Å². The number of anilines is 1. The van der Waals surface area contributed by atoms with Crippen LogP contribution in [0.25, 0.3) is 11.3 Å². The second-order valence-electron chi connectivity index (χ2n) is 4.48. The zero-order valence-electron chi connectivity index (χ0n) is 10.5. The summed E-state index contributed by atoms with van der Waals surface area (Å²) in [7, 11) is 0. The first kappa shape index (κ1) is 11.0. The summed E-state index contributed by atoms with van der Waals surface area (Å²) in [6.07, 6.45) is 4.07. The molecule has 0 saturated heterocycles. The molecule has 3 heteroatoms. The Morgan fingerprint density at radius 2 is 1.89 bits per heavy atom. The summed E-state index contributed by atoms with van der Waals surface area (Å²) in [4.78, 5) is 3.30. The van der Waals surface area contributed by atoms with Gasteiger partial charge in [-0.15, -0.1) is 0 Å². The van der Waals surface area contributed by atoms with E-state index in [1.165, 1.54) is 5.56 Å². The predicted molar refractivity (Wildman–Crippen MR) is 74.9 cm³/mol. The first-order valence-electron chi connectivity index (χ1n) is 6.01. The van der Waals surface area contributed by atoms with E-state index in [0.29, 0.717) is 0 Å². The van der Waals surface area contributed by atoms with Crippen molar-refractivity contribution in [1.29, 1.82) is 0 Å². The fourth-order valence-electron chi connectivity index (χ4n) is 2.18. The van der Waals surface area contributed by atoms with Gasteiger partial charge < -0.3 is 4.98 Å². The van der Waals surface area contributed by atoms with Gasteiger partial charge in [-0.1, -0.05) is 30.3 Å². The van der Waals surface area contributed by atoms with Crippen molar-refractivity contribution in [2.45, 2.75) is 13.8 Å². The van der Waals surface area contributed by atoms with Crippen LogP contribution in [-0.4, -0.2) is 10.7 Å². The number of rotatable bonds is 2. The standard InChI is InChI=1S/C15H15N3/c1-11-8-12(2)18(17-11)14-9-15(16-10-14)13-6-4-3-5-7-13/h3-10,16H,1-2H3/q+1. The number of nitrogens with one attached hydrogen (secondary N) is 1. The Balaban J connectivity index is 1.94. The van der Waals surface area contributed by atoms with E-state index >= 15 is 0 Å². The molecule has 1 aliphatic rings. The lowest BCUT2D eigenvalue weighted by Crippen LogP contribution is -2.10. The molecule has 1 aromatic carbocycles. The fraction of sp³-hybridized carbons (Fsp3) is 0.133. The van der Waals surface area contributed by atoms with Gasteiger partial charge >= 0.3 is 0 Å². The van der Waals surface area contributed by atoms with Crippen LogP contribution in [0.3, 0.4) is 0 Å². The molecule has 89 valence electrons. The summed E-state index contributed by atoms with van der Waals surface area (Å²) in [6.45, 7) is 4.07. The Morgan fingerprint density at radius 1 is 1.11 bits per heavy atom. The van der Waals surface area contributed by atoms with Crippen LogP contribution in [0.5, 0.6) is 0 Å². The summed E-state index contributed by atoms with van der Waals surface area (Å²) >= 11 is 0. The monoisotopic (exact) mass is 237 g/mol. The Hall–Kier alpha value is -2.13. The maximum absolute atomic E-state index is 4.48. The molecule has 0 aliphatic carbocycles. The van der Waals surface area contributed by atoms with Crippen LogP contribution in [0.15, 0.2) is 59.5 Å². The lowest BCUT2D eigenvalue weighted by molar-refractivity contribution is 0.696. The number of hydrazone groups is 1. The first-order valence-corrected chi connectivity index (χ1v) is 6.01. The third kappa shape index (κ3) is 1.89. The van der Waals surface area contributed by atoms with Gasteiger partial charge in [0.05, 0.1) is 11.9 Å². The van der Waals surface area contributed by atoms with E-state index in [0.717, 1.165) is 22.8 Å². The molecule has 0 bridgehead atoms. The van der Waals surface area contributed by atoms with Crippen molar-refractivity contribution < 1.29 is 0 Å². The number of benzene rings is 1. The van der Waals surface area contributed by atoms with Gasteiger partial charge in [0.25, 0.3) is 0 Å². The van der Waals surface area contributed by atoms with Gasteiger partial charge in [-0.05, 0) is 17.6 Å². The number of hydrogen-bond donors (Lipinski definition) is 1. The molecule has 2 heterocycles. The largest absolute Gasteiger partial charge is 0.356 e. The van der Waals surface area contributed by atoms with Crippen molar-refractivity contribution in [3.05, 3.63) is 54.4 Å². The van der Waals surface area contributed by atoms with Crippen molar-refractivity contribution in [2.75, 3.05) is 0 Å². The quantitative estimate of drug-likeness (QED) is 0.772. The molecule has 18 heavy (non-hydrogen) atoms. The van der Waals surface area contributed by atoms with Gasteiger partial charge in [-0.2, -0.15) is 0 Å². The molecule has 0 fully saturated rings. The Morgan fingerprint density at radius 3 is 2.56 bits per heavy atom. The van der Waals surface area contributed by atoms with E-state index in [1.807, 2.05) is 36.3 Å². The third-order valence-corrected chi connectivity index (χ3v) is 3.01. The molecule has 0 spiro atoms. The van der Waals surface area contributed by atoms with E-state index in [-0.39, 0.29) is 0 Å². The van der Waals surface area contributed by atoms with E-state index in [9.17, 15) is 0 Å². The van der Waals surface area contributed by atoms with Crippen molar-refractivity contribution in [2.24, 2.45) is 5.10 Å². The van der Waals surface area contributed by atoms with E-state index in [1.54, 1.807) is 0 Å². The topological polar surface area (TPSA) is 34.0 Å². The molecular formula is C15H15N3+. The molecule has 0 unspecified atom stereocenters. The molecule has 0 atom stereocenters. The van der Waals surface area contributed by atoms with Crippen molar-refractivity contribution >= 4 is 11.4 Å². The highest BCUT2D eigenvalue weighted by Crippen LogP contribution is 2.27. The van der Waals surface area contributed by atoms with Crippen LogP contribution in [0.1, 0.15) is 13.8 Å². The van der Waals surface area contributed by atoms with Gasteiger partial charge in [-0.25, -0.2) is 0 Å². The second-order valence-corrected chi connectivity index (χ2v) is 4.48. The molecule has 1 N–H and O–H groups in total. The van der Waals surface area contributed by atoms with Crippen molar-refractivity contribution in [3.63, 3.8) is 0 Å². The van der Waals surface area contributed by atoms with Gasteiger partial charge in [0.15, 0.2) is 5.70 Å². The average Bonchev–Trinajstić information content (AvgIpc) is 2.97. The highest BCUT2D eigenvalue weighted by molar-refractivity contribution is 5.95. The Kier molecular flexibility index (Phi) is 2.61. The van der Waals surface area contributed by atoms with E-state index in [2.05, 4.69) is 41.3 Å². The predicted octanol–water partition coefficient (Wildman–Crippen LogP) is 3.75. The number of aromatic amines is 1. The summed E-state index contributed by atoms with van der Waals surface area (Å²) < 4.78 is 0. The molecule has 1 aromatic heterocycles. The SMILES string of the molecule is CC1=CC(C)=N[N+]1c1c[nH]c(-c2ccccc2)c1. The van der Waals surface area contributed by atoms with Crippen LogP contribution >= 0.6 is 0 Å². The minimum atomic E-state index is 1.04. The van der Waals surface area contributed by atoms with Crippen LogP contribution in [0, 0.1) is 0 Å².